The first-order chi connectivity index (χ1) is 54.5. The standard InChI is InChI=1S/C99H139NO10/c1-3-5-7-9-11-13-15-16-17-18-19-20-21-22-23-24-25-26-28-30-32-34-57-73-93(101)100-90(94(104-76-85-62-46-37-47-63-85)95(105-77-86-64-48-38-49-65-86)91(103-75-84-60-44-36-45-61-84)72-56-33-31-29-27-14-12-10-8-6-4-2)81-109-99-98(108-80-89-70-54-41-55-71-89)97(107-79-88-68-52-40-53-69-88)96(106-78-87-66-50-39-51-67-87)92(110-99)82-102-74-83-58-42-35-43-59-83/h35-56,58-72,90-92,94-99H,3-34,57,73-82H2,1-2H3,(H,100,101)/b72-56-/t90-,91+,92+,94-,95+,96-,97-,98+,99-/m0/s1. The number of unbranched alkanes of at least 4 members (excludes halogenated alkanes) is 31. The third kappa shape index (κ3) is 37.8. The molecule has 11 nitrogen and oxygen atoms in total. The molecule has 9 atom stereocenters. The molecule has 1 amide bonds. The second-order valence-corrected chi connectivity index (χ2v) is 30.7. The van der Waals surface area contributed by atoms with Crippen LogP contribution in [0.2, 0.25) is 0 Å². The molecule has 1 heterocycles. The highest BCUT2D eigenvalue weighted by Gasteiger charge is 2.50. The van der Waals surface area contributed by atoms with E-state index in [1.807, 2.05) is 127 Å². The zero-order valence-electron chi connectivity index (χ0n) is 67.5. The van der Waals surface area contributed by atoms with Crippen LogP contribution in [0.15, 0.2) is 224 Å². The Kier molecular flexibility index (Phi) is 47.1. The van der Waals surface area contributed by atoms with Crippen LogP contribution in [0.1, 0.15) is 271 Å². The molecule has 7 aromatic rings. The Bertz CT molecular complexity index is 3310. The largest absolute Gasteiger partial charge is 0.374 e. The van der Waals surface area contributed by atoms with Gasteiger partial charge in [-0.3, -0.25) is 4.79 Å². The van der Waals surface area contributed by atoms with Gasteiger partial charge < -0.3 is 47.9 Å². The van der Waals surface area contributed by atoms with E-state index in [1.54, 1.807) is 0 Å². The summed E-state index contributed by atoms with van der Waals surface area (Å²) in [4.78, 5) is 15.3. The molecule has 0 aromatic heterocycles. The van der Waals surface area contributed by atoms with Gasteiger partial charge in [0, 0.05) is 6.42 Å². The first-order valence-electron chi connectivity index (χ1n) is 43.3. The first kappa shape index (κ1) is 88.9. The summed E-state index contributed by atoms with van der Waals surface area (Å²) in [6.45, 7) is 6.56. The Morgan fingerprint density at radius 3 is 1.05 bits per heavy atom. The van der Waals surface area contributed by atoms with E-state index in [0.717, 1.165) is 77.5 Å². The lowest BCUT2D eigenvalue weighted by Crippen LogP contribution is -2.63. The maximum absolute atomic E-state index is 15.3. The fourth-order valence-electron chi connectivity index (χ4n) is 14.8. The minimum absolute atomic E-state index is 0.0717. The van der Waals surface area contributed by atoms with Crippen molar-refractivity contribution in [3.63, 3.8) is 0 Å². The van der Waals surface area contributed by atoms with Crippen LogP contribution in [0.4, 0.5) is 0 Å². The van der Waals surface area contributed by atoms with Gasteiger partial charge in [0.05, 0.1) is 65.5 Å². The van der Waals surface area contributed by atoms with Crippen LogP contribution in [0.3, 0.4) is 0 Å². The molecule has 0 aliphatic carbocycles. The van der Waals surface area contributed by atoms with Gasteiger partial charge in [0.25, 0.3) is 0 Å². The van der Waals surface area contributed by atoms with E-state index in [1.165, 1.54) is 173 Å². The van der Waals surface area contributed by atoms with Crippen LogP contribution >= 0.6 is 0 Å². The third-order valence-electron chi connectivity index (χ3n) is 21.3. The van der Waals surface area contributed by atoms with Crippen molar-refractivity contribution < 1.29 is 47.4 Å². The average Bonchev–Trinajstić information content (AvgIpc) is 0.788. The highest BCUT2D eigenvalue weighted by atomic mass is 16.7. The molecule has 8 rings (SSSR count). The summed E-state index contributed by atoms with van der Waals surface area (Å²) in [5, 5.41) is 3.59. The van der Waals surface area contributed by atoms with Crippen molar-refractivity contribution in [2.45, 2.75) is 333 Å². The number of amides is 1. The molecule has 1 aliphatic rings. The van der Waals surface area contributed by atoms with Gasteiger partial charge in [-0.2, -0.15) is 0 Å². The van der Waals surface area contributed by atoms with Crippen LogP contribution in [0.25, 0.3) is 0 Å². The Hall–Kier alpha value is -6.61. The number of carbonyl (C=O) groups is 1. The van der Waals surface area contributed by atoms with Gasteiger partial charge in [-0.05, 0) is 58.2 Å². The Morgan fingerprint density at radius 2 is 0.664 bits per heavy atom. The number of nitrogens with one attached hydrogen (secondary N) is 1. The smallest absolute Gasteiger partial charge is 0.220 e. The van der Waals surface area contributed by atoms with E-state index in [4.69, 9.17) is 42.6 Å². The molecule has 0 radical (unpaired) electrons. The maximum atomic E-state index is 15.3. The second-order valence-electron chi connectivity index (χ2n) is 30.7. The number of allylic oxidation sites excluding steroid dienone is 1. The molecule has 11 heteroatoms. The predicted octanol–water partition coefficient (Wildman–Crippen LogP) is 24.8. The SMILES string of the molecule is CCCCCCCCCCC/C=C\[C@@H](OCc1ccccc1)[C@@H](OCc1ccccc1)[C@@H](OCc1ccccc1)[C@H](CO[C@H]1O[C@H](COCc2ccccc2)[C@H](OCc2ccccc2)[C@H](OCc2ccccc2)[C@H]1OCc1ccccc1)NC(=O)CCCCCCCCCCCCCCCCCCCCCCCCC. The summed E-state index contributed by atoms with van der Waals surface area (Å²) < 4.78 is 65.1. The van der Waals surface area contributed by atoms with Crippen LogP contribution in [0.5, 0.6) is 0 Å². The molecule has 0 saturated carbocycles. The number of rotatable bonds is 64. The Morgan fingerprint density at radius 1 is 0.345 bits per heavy atom. The molecule has 1 fully saturated rings. The first-order valence-corrected chi connectivity index (χ1v) is 43.3. The zero-order chi connectivity index (χ0) is 76.5. The minimum atomic E-state index is -1.08. The molecule has 0 spiro atoms. The summed E-state index contributed by atoms with van der Waals surface area (Å²) in [5.74, 6) is -0.0908. The van der Waals surface area contributed by atoms with Crippen molar-refractivity contribution in [1.29, 1.82) is 0 Å². The quantitative estimate of drug-likeness (QED) is 0.0292. The highest BCUT2D eigenvalue weighted by molar-refractivity contribution is 5.76. The maximum Gasteiger partial charge on any atom is 0.220 e. The van der Waals surface area contributed by atoms with Crippen molar-refractivity contribution in [3.8, 4) is 0 Å². The van der Waals surface area contributed by atoms with Crippen LogP contribution in [-0.2, 0) is 93.7 Å². The van der Waals surface area contributed by atoms with Crippen molar-refractivity contribution in [2.75, 3.05) is 13.2 Å². The van der Waals surface area contributed by atoms with E-state index in [0.29, 0.717) is 19.6 Å². The summed E-state index contributed by atoms with van der Waals surface area (Å²) in [7, 11) is 0. The minimum Gasteiger partial charge on any atom is -0.374 e. The van der Waals surface area contributed by atoms with Crippen molar-refractivity contribution in [2.24, 2.45) is 0 Å². The van der Waals surface area contributed by atoms with Crippen LogP contribution < -0.4 is 5.32 Å². The molecule has 600 valence electrons. The number of hydrogen-bond acceptors (Lipinski definition) is 10. The van der Waals surface area contributed by atoms with Gasteiger partial charge in [-0.1, -0.05) is 431 Å². The van der Waals surface area contributed by atoms with E-state index >= 15 is 4.79 Å². The molecule has 7 aromatic carbocycles. The molecule has 1 aliphatic heterocycles. The number of ether oxygens (including phenoxy) is 9. The second kappa shape index (κ2) is 58.3. The lowest BCUT2D eigenvalue weighted by molar-refractivity contribution is -0.330. The van der Waals surface area contributed by atoms with Gasteiger partial charge in [0.2, 0.25) is 5.91 Å². The third-order valence-corrected chi connectivity index (χ3v) is 21.3. The van der Waals surface area contributed by atoms with Crippen molar-refractivity contribution >= 4 is 5.91 Å². The number of hydrogen-bond donors (Lipinski definition) is 1. The molecule has 0 unspecified atom stereocenters. The Balaban J connectivity index is 1.06. The van der Waals surface area contributed by atoms with Crippen molar-refractivity contribution in [3.05, 3.63) is 263 Å². The normalized spacial score (nSPS) is 16.9. The van der Waals surface area contributed by atoms with Crippen LogP contribution in [-0.4, -0.2) is 74.2 Å². The van der Waals surface area contributed by atoms with Crippen molar-refractivity contribution in [1.82, 2.24) is 5.32 Å². The lowest BCUT2D eigenvalue weighted by atomic mass is 9.97. The summed E-state index contributed by atoms with van der Waals surface area (Å²) in [5.41, 5.74) is 7.00. The average molecular weight is 1500 g/mol. The Labute approximate surface area is 665 Å². The van der Waals surface area contributed by atoms with Gasteiger partial charge in [0.1, 0.15) is 42.7 Å². The molecule has 1 N–H and O–H groups in total. The zero-order valence-corrected chi connectivity index (χ0v) is 67.5. The molecule has 0 bridgehead atoms. The molecule has 110 heavy (non-hydrogen) atoms. The van der Waals surface area contributed by atoms with E-state index in [9.17, 15) is 0 Å². The summed E-state index contributed by atoms with van der Waals surface area (Å²) in [6.07, 6.45) is 40.6. The molecular formula is C99H139NO10. The molecule has 1 saturated heterocycles. The fraction of sp³-hybridized carbons (Fsp3) is 0.545. The van der Waals surface area contributed by atoms with E-state index in [2.05, 4.69) is 116 Å². The number of benzene rings is 7. The summed E-state index contributed by atoms with van der Waals surface area (Å²) >= 11 is 0. The monoisotopic (exact) mass is 1500 g/mol. The summed E-state index contributed by atoms with van der Waals surface area (Å²) in [6, 6.07) is 70.8. The van der Waals surface area contributed by atoms with Gasteiger partial charge in [-0.15, -0.1) is 0 Å². The van der Waals surface area contributed by atoms with Crippen LogP contribution in [0, 0.1) is 0 Å². The van der Waals surface area contributed by atoms with Gasteiger partial charge in [-0.25, -0.2) is 0 Å². The van der Waals surface area contributed by atoms with E-state index < -0.39 is 55.1 Å². The lowest BCUT2D eigenvalue weighted by Gasteiger charge is -2.46. The predicted molar refractivity (Wildman–Crippen MR) is 450 cm³/mol. The van der Waals surface area contributed by atoms with Gasteiger partial charge in [0.15, 0.2) is 6.29 Å². The highest BCUT2D eigenvalue weighted by Crippen LogP contribution is 2.34. The molecular weight excluding hydrogens is 1360 g/mol. The fourth-order valence-corrected chi connectivity index (χ4v) is 14.8. The number of carbonyl (C=O) groups excluding carboxylic acids is 1. The topological polar surface area (TPSA) is 112 Å². The van der Waals surface area contributed by atoms with E-state index in [-0.39, 0.29) is 52.2 Å². The van der Waals surface area contributed by atoms with Gasteiger partial charge >= 0.3 is 0 Å².